The van der Waals surface area contributed by atoms with Gasteiger partial charge >= 0.3 is 5.97 Å². The number of ketones is 1. The van der Waals surface area contributed by atoms with Crippen LogP contribution in [0, 0.1) is 5.92 Å². The Morgan fingerprint density at radius 3 is 2.37 bits per heavy atom. The highest BCUT2D eigenvalue weighted by molar-refractivity contribution is 5.99. The first-order valence-corrected chi connectivity index (χ1v) is 6.70. The summed E-state index contributed by atoms with van der Waals surface area (Å²) in [6.45, 7) is 2.50. The van der Waals surface area contributed by atoms with E-state index in [9.17, 15) is 9.59 Å². The number of Topliss-reactive ketones (excluding diaryl/α,β-unsaturated/α-hetero) is 1. The minimum atomic E-state index is -0.909. The van der Waals surface area contributed by atoms with Gasteiger partial charge in [-0.1, -0.05) is 30.3 Å². The Morgan fingerprint density at radius 2 is 1.79 bits per heavy atom. The van der Waals surface area contributed by atoms with Crippen molar-refractivity contribution in [1.29, 1.82) is 0 Å². The van der Waals surface area contributed by atoms with Crippen molar-refractivity contribution in [1.82, 2.24) is 4.90 Å². The van der Waals surface area contributed by atoms with Crippen molar-refractivity contribution < 1.29 is 14.7 Å². The van der Waals surface area contributed by atoms with Crippen LogP contribution in [0.2, 0.25) is 0 Å². The molecule has 0 aromatic heterocycles. The molecule has 1 heterocycles. The van der Waals surface area contributed by atoms with Crippen molar-refractivity contribution in [3.63, 3.8) is 0 Å². The molecule has 0 bridgehead atoms. The number of hydrogen-bond acceptors (Lipinski definition) is 3. The van der Waals surface area contributed by atoms with Crippen LogP contribution in [-0.2, 0) is 4.79 Å². The molecule has 0 radical (unpaired) electrons. The standard InChI is InChI=1S/C15H19NO3/c17-14(18)10-13(11-16-8-4-5-9-16)15(19)12-6-2-1-3-7-12/h1-3,6-7,13H,4-5,8-11H2,(H,17,18). The monoisotopic (exact) mass is 261 g/mol. The van der Waals surface area contributed by atoms with E-state index in [0.717, 1.165) is 25.9 Å². The van der Waals surface area contributed by atoms with Crippen molar-refractivity contribution in [3.8, 4) is 0 Å². The van der Waals surface area contributed by atoms with E-state index in [4.69, 9.17) is 5.11 Å². The first-order valence-electron chi connectivity index (χ1n) is 6.70. The van der Waals surface area contributed by atoms with Crippen LogP contribution in [-0.4, -0.2) is 41.4 Å². The van der Waals surface area contributed by atoms with E-state index in [1.165, 1.54) is 0 Å². The van der Waals surface area contributed by atoms with Crippen molar-refractivity contribution in [2.45, 2.75) is 19.3 Å². The van der Waals surface area contributed by atoms with Gasteiger partial charge in [0.25, 0.3) is 0 Å². The van der Waals surface area contributed by atoms with Crippen molar-refractivity contribution in [2.24, 2.45) is 5.92 Å². The number of benzene rings is 1. The fraction of sp³-hybridized carbons (Fsp3) is 0.467. The van der Waals surface area contributed by atoms with Crippen molar-refractivity contribution >= 4 is 11.8 Å². The summed E-state index contributed by atoms with van der Waals surface area (Å²) >= 11 is 0. The maximum atomic E-state index is 12.4. The molecule has 1 aliphatic heterocycles. The summed E-state index contributed by atoms with van der Waals surface area (Å²) in [5, 5.41) is 8.98. The van der Waals surface area contributed by atoms with Crippen LogP contribution >= 0.6 is 0 Å². The molecule has 1 aromatic carbocycles. The Kier molecular flexibility index (Phi) is 4.68. The molecule has 0 saturated carbocycles. The summed E-state index contributed by atoms with van der Waals surface area (Å²) in [6, 6.07) is 8.97. The van der Waals surface area contributed by atoms with Crippen LogP contribution < -0.4 is 0 Å². The number of likely N-dealkylation sites (tertiary alicyclic amines) is 1. The molecule has 4 nitrogen and oxygen atoms in total. The van der Waals surface area contributed by atoms with Crippen LogP contribution in [0.15, 0.2) is 30.3 Å². The maximum Gasteiger partial charge on any atom is 0.304 e. The Hall–Kier alpha value is -1.68. The van der Waals surface area contributed by atoms with Crippen LogP contribution in [0.1, 0.15) is 29.6 Å². The molecule has 102 valence electrons. The molecule has 1 unspecified atom stereocenters. The predicted molar refractivity (Wildman–Crippen MR) is 72.2 cm³/mol. The van der Waals surface area contributed by atoms with E-state index in [1.807, 2.05) is 6.07 Å². The third kappa shape index (κ3) is 3.89. The summed E-state index contributed by atoms with van der Waals surface area (Å²) < 4.78 is 0. The zero-order valence-corrected chi connectivity index (χ0v) is 10.9. The topological polar surface area (TPSA) is 57.6 Å². The molecular weight excluding hydrogens is 242 g/mol. The molecule has 1 atom stereocenters. The largest absolute Gasteiger partial charge is 0.481 e. The van der Waals surface area contributed by atoms with Gasteiger partial charge in [0.05, 0.1) is 6.42 Å². The Balaban J connectivity index is 2.07. The van der Waals surface area contributed by atoms with Crippen molar-refractivity contribution in [3.05, 3.63) is 35.9 Å². The maximum absolute atomic E-state index is 12.4. The first kappa shape index (κ1) is 13.7. The Morgan fingerprint density at radius 1 is 1.16 bits per heavy atom. The number of nitrogens with zero attached hydrogens (tertiary/aromatic N) is 1. The van der Waals surface area contributed by atoms with Crippen LogP contribution in [0.4, 0.5) is 0 Å². The predicted octanol–water partition coefficient (Wildman–Crippen LogP) is 2.06. The van der Waals surface area contributed by atoms with Gasteiger partial charge < -0.3 is 10.0 Å². The summed E-state index contributed by atoms with van der Waals surface area (Å²) in [7, 11) is 0. The average molecular weight is 261 g/mol. The molecule has 1 aliphatic rings. The van der Waals surface area contributed by atoms with Crippen LogP contribution in [0.5, 0.6) is 0 Å². The smallest absolute Gasteiger partial charge is 0.304 e. The number of hydrogen-bond donors (Lipinski definition) is 1. The lowest BCUT2D eigenvalue weighted by Crippen LogP contribution is -2.32. The van der Waals surface area contributed by atoms with Gasteiger partial charge in [0.2, 0.25) is 0 Å². The third-order valence-electron chi connectivity index (χ3n) is 3.53. The highest BCUT2D eigenvalue weighted by Gasteiger charge is 2.26. The fourth-order valence-corrected chi connectivity index (χ4v) is 2.57. The van der Waals surface area contributed by atoms with Gasteiger partial charge in [-0.2, -0.15) is 0 Å². The molecule has 4 heteroatoms. The Bertz CT molecular complexity index is 438. The molecule has 1 saturated heterocycles. The van der Waals surface area contributed by atoms with Gasteiger partial charge in [-0.05, 0) is 25.9 Å². The summed E-state index contributed by atoms with van der Waals surface area (Å²) in [5.41, 5.74) is 0.605. The summed E-state index contributed by atoms with van der Waals surface area (Å²) in [5.74, 6) is -1.42. The molecule has 0 amide bonds. The van der Waals surface area contributed by atoms with E-state index in [2.05, 4.69) is 4.90 Å². The minimum Gasteiger partial charge on any atom is -0.481 e. The van der Waals surface area contributed by atoms with Gasteiger partial charge in [0.15, 0.2) is 5.78 Å². The second kappa shape index (κ2) is 6.48. The van der Waals surface area contributed by atoms with Crippen LogP contribution in [0.3, 0.4) is 0 Å². The van der Waals surface area contributed by atoms with Gasteiger partial charge in [-0.15, -0.1) is 0 Å². The second-order valence-corrected chi connectivity index (χ2v) is 5.03. The number of carbonyl (C=O) groups excluding carboxylic acids is 1. The van der Waals surface area contributed by atoms with Gasteiger partial charge in [-0.3, -0.25) is 9.59 Å². The van der Waals surface area contributed by atoms with E-state index >= 15 is 0 Å². The second-order valence-electron chi connectivity index (χ2n) is 5.03. The average Bonchev–Trinajstić information content (AvgIpc) is 2.90. The normalized spacial score (nSPS) is 17.3. The molecule has 19 heavy (non-hydrogen) atoms. The number of carbonyl (C=O) groups is 2. The highest BCUT2D eigenvalue weighted by atomic mass is 16.4. The molecular formula is C15H19NO3. The van der Waals surface area contributed by atoms with Gasteiger partial charge in [-0.25, -0.2) is 0 Å². The fourth-order valence-electron chi connectivity index (χ4n) is 2.57. The zero-order chi connectivity index (χ0) is 13.7. The number of aliphatic carboxylic acids is 1. The van der Waals surface area contributed by atoms with E-state index < -0.39 is 11.9 Å². The first-order chi connectivity index (χ1) is 9.16. The number of carboxylic acid groups (broad SMARTS) is 1. The number of rotatable bonds is 6. The molecule has 0 spiro atoms. The van der Waals surface area contributed by atoms with E-state index in [0.29, 0.717) is 12.1 Å². The minimum absolute atomic E-state index is 0.0603. The third-order valence-corrected chi connectivity index (χ3v) is 3.53. The van der Waals surface area contributed by atoms with E-state index in [-0.39, 0.29) is 12.2 Å². The number of carboxylic acids is 1. The summed E-state index contributed by atoms with van der Waals surface area (Å²) in [4.78, 5) is 25.5. The van der Waals surface area contributed by atoms with E-state index in [1.54, 1.807) is 24.3 Å². The summed E-state index contributed by atoms with van der Waals surface area (Å²) in [6.07, 6.45) is 2.18. The quantitative estimate of drug-likeness (QED) is 0.796. The SMILES string of the molecule is O=C(O)CC(CN1CCCC1)C(=O)c1ccccc1. The van der Waals surface area contributed by atoms with Crippen molar-refractivity contribution in [2.75, 3.05) is 19.6 Å². The molecule has 2 rings (SSSR count). The molecule has 1 N–H and O–H groups in total. The van der Waals surface area contributed by atoms with Gasteiger partial charge in [0.1, 0.15) is 0 Å². The zero-order valence-electron chi connectivity index (χ0n) is 10.9. The lowest BCUT2D eigenvalue weighted by molar-refractivity contribution is -0.137. The van der Waals surface area contributed by atoms with Gasteiger partial charge in [0, 0.05) is 18.0 Å². The molecule has 1 aromatic rings. The molecule has 1 fully saturated rings. The van der Waals surface area contributed by atoms with Crippen LogP contribution in [0.25, 0.3) is 0 Å². The lowest BCUT2D eigenvalue weighted by atomic mass is 9.94. The Labute approximate surface area is 113 Å². The lowest BCUT2D eigenvalue weighted by Gasteiger charge is -2.21. The molecule has 0 aliphatic carbocycles. The highest BCUT2D eigenvalue weighted by Crippen LogP contribution is 2.17.